The number of nitrogens with zero attached hydrogens (tertiary/aromatic N) is 3. The molecule has 0 aromatic carbocycles. The molecule has 0 aliphatic rings. The second-order valence-corrected chi connectivity index (χ2v) is 8.11. The summed E-state index contributed by atoms with van der Waals surface area (Å²) in [4.78, 5) is 4.46. The molecule has 0 amide bonds. The second kappa shape index (κ2) is 6.25. The van der Waals surface area contributed by atoms with Gasteiger partial charge in [0, 0.05) is 18.0 Å². The number of nitrogens with one attached hydrogen (secondary N) is 1. The first-order valence-corrected chi connectivity index (χ1v) is 7.64. The Labute approximate surface area is 124 Å². The van der Waals surface area contributed by atoms with Crippen molar-refractivity contribution in [1.29, 1.82) is 0 Å². The second-order valence-electron chi connectivity index (χ2n) is 8.11. The highest BCUT2D eigenvalue weighted by molar-refractivity contribution is 4.93. The Balaban J connectivity index is 2.82. The van der Waals surface area contributed by atoms with Gasteiger partial charge in [-0.05, 0) is 52.5 Å². The molecule has 0 saturated heterocycles. The third-order valence-electron chi connectivity index (χ3n) is 3.67. The van der Waals surface area contributed by atoms with E-state index in [2.05, 4.69) is 70.8 Å². The maximum atomic E-state index is 4.46. The summed E-state index contributed by atoms with van der Waals surface area (Å²) in [7, 11) is 0. The summed E-state index contributed by atoms with van der Waals surface area (Å²) in [5.74, 6) is 1.62. The van der Waals surface area contributed by atoms with Crippen molar-refractivity contribution in [2.75, 3.05) is 6.54 Å². The highest BCUT2D eigenvalue weighted by Gasteiger charge is 2.28. The van der Waals surface area contributed by atoms with Crippen LogP contribution in [0.15, 0.2) is 6.33 Å². The first kappa shape index (κ1) is 17.2. The Kier molecular flexibility index (Phi) is 5.36. The molecule has 1 rings (SSSR count). The Morgan fingerprint density at radius 1 is 1.15 bits per heavy atom. The number of aromatic nitrogens is 3. The molecule has 1 atom stereocenters. The van der Waals surface area contributed by atoms with E-state index in [-0.39, 0.29) is 11.0 Å². The van der Waals surface area contributed by atoms with Gasteiger partial charge in [-0.25, -0.2) is 9.67 Å². The minimum Gasteiger partial charge on any atom is -0.312 e. The highest BCUT2D eigenvalue weighted by atomic mass is 15.3. The predicted molar refractivity (Wildman–Crippen MR) is 84.8 cm³/mol. The van der Waals surface area contributed by atoms with E-state index >= 15 is 0 Å². The van der Waals surface area contributed by atoms with E-state index in [0.717, 1.165) is 18.8 Å². The molecule has 1 N–H and O–H groups in total. The third-order valence-corrected chi connectivity index (χ3v) is 3.67. The lowest BCUT2D eigenvalue weighted by Crippen LogP contribution is -2.43. The largest absolute Gasteiger partial charge is 0.312 e. The maximum absolute atomic E-state index is 4.46. The van der Waals surface area contributed by atoms with Crippen molar-refractivity contribution in [1.82, 2.24) is 20.1 Å². The van der Waals surface area contributed by atoms with E-state index in [1.807, 2.05) is 4.68 Å². The van der Waals surface area contributed by atoms with E-state index in [1.165, 1.54) is 0 Å². The first-order valence-electron chi connectivity index (χ1n) is 7.64. The minimum atomic E-state index is 0.148. The van der Waals surface area contributed by atoms with Gasteiger partial charge in [0.25, 0.3) is 0 Å². The normalized spacial score (nSPS) is 14.8. The molecule has 0 bridgehead atoms. The van der Waals surface area contributed by atoms with Gasteiger partial charge in [0.15, 0.2) is 0 Å². The minimum absolute atomic E-state index is 0.148. The van der Waals surface area contributed by atoms with Crippen molar-refractivity contribution < 1.29 is 0 Å². The SMILES string of the molecule is CC(C)n1ncnc1CC(CNC(C)(C)C)C(C)(C)C. The van der Waals surface area contributed by atoms with E-state index in [9.17, 15) is 0 Å². The van der Waals surface area contributed by atoms with Crippen molar-refractivity contribution in [3.63, 3.8) is 0 Å². The van der Waals surface area contributed by atoms with Crippen LogP contribution in [0.3, 0.4) is 0 Å². The molecule has 0 aliphatic carbocycles. The zero-order chi connectivity index (χ0) is 15.6. The van der Waals surface area contributed by atoms with Crippen molar-refractivity contribution in [3.05, 3.63) is 12.2 Å². The molecule has 4 heteroatoms. The van der Waals surface area contributed by atoms with Gasteiger partial charge in [-0.3, -0.25) is 0 Å². The zero-order valence-corrected chi connectivity index (χ0v) is 14.5. The van der Waals surface area contributed by atoms with Crippen LogP contribution in [-0.2, 0) is 6.42 Å². The quantitative estimate of drug-likeness (QED) is 0.898. The molecule has 1 aromatic heterocycles. The molecule has 0 fully saturated rings. The molecule has 1 heterocycles. The molecule has 0 spiro atoms. The number of rotatable bonds is 5. The highest BCUT2D eigenvalue weighted by Crippen LogP contribution is 2.29. The summed E-state index contributed by atoms with van der Waals surface area (Å²) in [6.45, 7) is 18.8. The van der Waals surface area contributed by atoms with E-state index < -0.39 is 0 Å². The molecular weight excluding hydrogens is 248 g/mol. The van der Waals surface area contributed by atoms with E-state index in [0.29, 0.717) is 12.0 Å². The fraction of sp³-hybridized carbons (Fsp3) is 0.875. The van der Waals surface area contributed by atoms with E-state index in [1.54, 1.807) is 6.33 Å². The topological polar surface area (TPSA) is 42.7 Å². The van der Waals surface area contributed by atoms with E-state index in [4.69, 9.17) is 0 Å². The fourth-order valence-electron chi connectivity index (χ4n) is 2.19. The Morgan fingerprint density at radius 2 is 1.75 bits per heavy atom. The Hall–Kier alpha value is -0.900. The molecule has 1 aromatic rings. The van der Waals surface area contributed by atoms with Gasteiger partial charge in [0.05, 0.1) is 0 Å². The molecular formula is C16H32N4. The third kappa shape index (κ3) is 5.23. The number of hydrogen-bond acceptors (Lipinski definition) is 3. The van der Waals surface area contributed by atoms with Crippen molar-refractivity contribution in [2.24, 2.45) is 11.3 Å². The Bertz CT molecular complexity index is 407. The van der Waals surface area contributed by atoms with Crippen LogP contribution >= 0.6 is 0 Å². The van der Waals surface area contributed by atoms with Crippen LogP contribution in [0.4, 0.5) is 0 Å². The van der Waals surface area contributed by atoms with Crippen LogP contribution in [0.25, 0.3) is 0 Å². The maximum Gasteiger partial charge on any atom is 0.138 e. The van der Waals surface area contributed by atoms with Crippen LogP contribution in [0.5, 0.6) is 0 Å². The zero-order valence-electron chi connectivity index (χ0n) is 14.5. The first-order chi connectivity index (χ1) is 9.00. The van der Waals surface area contributed by atoms with Gasteiger partial charge in [-0.1, -0.05) is 20.8 Å². The van der Waals surface area contributed by atoms with Crippen LogP contribution in [0.2, 0.25) is 0 Å². The average Bonchev–Trinajstić information content (AvgIpc) is 2.69. The van der Waals surface area contributed by atoms with Gasteiger partial charge in [-0.15, -0.1) is 0 Å². The van der Waals surface area contributed by atoms with Gasteiger partial charge in [0.1, 0.15) is 12.2 Å². The number of hydrogen-bond donors (Lipinski definition) is 1. The molecule has 116 valence electrons. The standard InChI is InChI=1S/C16H32N4/c1-12(2)20-14(17-11-19-20)9-13(15(3,4)5)10-18-16(6,7)8/h11-13,18H,9-10H2,1-8H3. The summed E-state index contributed by atoms with van der Waals surface area (Å²) < 4.78 is 2.04. The summed E-state index contributed by atoms with van der Waals surface area (Å²) in [6.07, 6.45) is 2.64. The van der Waals surface area contributed by atoms with Gasteiger partial charge >= 0.3 is 0 Å². The molecule has 0 saturated carbocycles. The smallest absolute Gasteiger partial charge is 0.138 e. The molecule has 0 aliphatic heterocycles. The van der Waals surface area contributed by atoms with Crippen molar-refractivity contribution in [3.8, 4) is 0 Å². The summed E-state index contributed by atoms with van der Waals surface area (Å²) >= 11 is 0. The van der Waals surface area contributed by atoms with Gasteiger partial charge in [0.2, 0.25) is 0 Å². The van der Waals surface area contributed by atoms with Crippen LogP contribution in [0, 0.1) is 11.3 Å². The van der Waals surface area contributed by atoms with Crippen LogP contribution < -0.4 is 5.32 Å². The predicted octanol–water partition coefficient (Wildman–Crippen LogP) is 3.45. The lowest BCUT2D eigenvalue weighted by Gasteiger charge is -2.34. The van der Waals surface area contributed by atoms with Crippen LogP contribution in [-0.4, -0.2) is 26.8 Å². The molecule has 1 unspecified atom stereocenters. The summed E-state index contributed by atoms with van der Waals surface area (Å²) in [6, 6.07) is 0.365. The van der Waals surface area contributed by atoms with Gasteiger partial charge in [-0.2, -0.15) is 5.10 Å². The molecule has 0 radical (unpaired) electrons. The average molecular weight is 280 g/mol. The van der Waals surface area contributed by atoms with Crippen molar-refractivity contribution in [2.45, 2.75) is 73.4 Å². The van der Waals surface area contributed by atoms with Crippen molar-refractivity contribution >= 4 is 0 Å². The lowest BCUT2D eigenvalue weighted by atomic mass is 9.78. The Morgan fingerprint density at radius 3 is 2.20 bits per heavy atom. The lowest BCUT2D eigenvalue weighted by molar-refractivity contribution is 0.208. The molecule has 4 nitrogen and oxygen atoms in total. The summed E-state index contributed by atoms with van der Waals surface area (Å²) in [5, 5.41) is 7.98. The summed E-state index contributed by atoms with van der Waals surface area (Å²) in [5.41, 5.74) is 0.390. The molecule has 20 heavy (non-hydrogen) atoms. The fourth-order valence-corrected chi connectivity index (χ4v) is 2.19. The monoisotopic (exact) mass is 280 g/mol. The van der Waals surface area contributed by atoms with Gasteiger partial charge < -0.3 is 5.32 Å². The van der Waals surface area contributed by atoms with Crippen LogP contribution in [0.1, 0.15) is 67.3 Å².